The van der Waals surface area contributed by atoms with Crippen molar-refractivity contribution >= 4 is 29.2 Å². The zero-order valence-electron chi connectivity index (χ0n) is 30.1. The van der Waals surface area contributed by atoms with Crippen LogP contribution in [0.2, 0.25) is 5.02 Å². The molecule has 1 saturated heterocycles. The summed E-state index contributed by atoms with van der Waals surface area (Å²) in [6, 6.07) is 13.6. The van der Waals surface area contributed by atoms with E-state index < -0.39 is 5.60 Å². The van der Waals surface area contributed by atoms with Crippen molar-refractivity contribution in [1.29, 1.82) is 0 Å². The van der Waals surface area contributed by atoms with Crippen molar-refractivity contribution in [2.45, 2.75) is 90.6 Å². The van der Waals surface area contributed by atoms with Crippen molar-refractivity contribution in [2.75, 3.05) is 19.6 Å². The van der Waals surface area contributed by atoms with Gasteiger partial charge in [0.1, 0.15) is 5.75 Å². The third kappa shape index (κ3) is 15.2. The number of likely N-dealkylation sites (tertiary alicyclic amines) is 1. The number of allylic oxidation sites excluding steroid dienone is 10. The number of nitrogens with one attached hydrogen (secondary N) is 1. The molecule has 6 nitrogen and oxygen atoms in total. The summed E-state index contributed by atoms with van der Waals surface area (Å²) < 4.78 is 6.01. The number of ketones is 1. The van der Waals surface area contributed by atoms with Gasteiger partial charge in [-0.15, -0.1) is 0 Å². The molecule has 268 valence electrons. The lowest BCUT2D eigenvalue weighted by atomic mass is 9.96. The number of piperidine rings is 1. The first-order valence-electron chi connectivity index (χ1n) is 18.1. The molecule has 1 N–H and O–H groups in total. The number of rotatable bonds is 20. The second-order valence-corrected chi connectivity index (χ2v) is 13.5. The Bertz CT molecular complexity index is 1480. The van der Waals surface area contributed by atoms with Crippen LogP contribution in [-0.2, 0) is 9.59 Å². The number of unbranched alkanes of at least 4 members (excludes halogenated alkanes) is 1. The van der Waals surface area contributed by atoms with Gasteiger partial charge in [0.05, 0.1) is 0 Å². The lowest BCUT2D eigenvalue weighted by Gasteiger charge is -2.33. The summed E-state index contributed by atoms with van der Waals surface area (Å²) in [4.78, 5) is 40.5. The molecule has 0 bridgehead atoms. The largest absolute Gasteiger partial charge is 0.478 e. The van der Waals surface area contributed by atoms with Gasteiger partial charge in [0.15, 0.2) is 11.4 Å². The summed E-state index contributed by atoms with van der Waals surface area (Å²) in [6.45, 7) is 7.61. The van der Waals surface area contributed by atoms with Crippen LogP contribution in [-0.4, -0.2) is 47.7 Å². The Morgan fingerprint density at radius 2 is 1.28 bits per heavy atom. The predicted molar refractivity (Wildman–Crippen MR) is 207 cm³/mol. The maximum Gasteiger partial charge on any atom is 0.263 e. The zero-order valence-corrected chi connectivity index (χ0v) is 30.9. The van der Waals surface area contributed by atoms with Crippen LogP contribution in [0.1, 0.15) is 101 Å². The minimum absolute atomic E-state index is 0.112. The maximum atomic E-state index is 13.0. The third-order valence-electron chi connectivity index (χ3n) is 8.58. The number of nitrogens with zero attached hydrogens (tertiary/aromatic N) is 1. The SMILES string of the molecule is CC/C=C\C/C=C\C/C=C\C/C=C\C/C=C\CCCC(=O)N1CCC(CNC(=O)C(C)(C)Oc2ccc(C(=O)c3ccc(Cl)cc3)cc2)CC1. The Hall–Kier alpha value is -4.16. The molecule has 7 heteroatoms. The smallest absolute Gasteiger partial charge is 0.263 e. The summed E-state index contributed by atoms with van der Waals surface area (Å²) in [5.41, 5.74) is -0.0175. The first-order chi connectivity index (χ1) is 24.2. The van der Waals surface area contributed by atoms with Gasteiger partial charge in [-0.3, -0.25) is 14.4 Å². The third-order valence-corrected chi connectivity index (χ3v) is 8.83. The van der Waals surface area contributed by atoms with Gasteiger partial charge in [0.2, 0.25) is 5.91 Å². The molecule has 1 aliphatic rings. The zero-order chi connectivity index (χ0) is 36.0. The molecule has 0 saturated carbocycles. The number of halogens is 1. The lowest BCUT2D eigenvalue weighted by molar-refractivity contribution is -0.135. The Morgan fingerprint density at radius 3 is 1.82 bits per heavy atom. The van der Waals surface area contributed by atoms with Crippen molar-refractivity contribution in [3.8, 4) is 5.75 Å². The maximum absolute atomic E-state index is 13.0. The molecule has 0 spiro atoms. The van der Waals surface area contributed by atoms with Gasteiger partial charge < -0.3 is 15.0 Å². The molecule has 1 fully saturated rings. The van der Waals surface area contributed by atoms with Crippen LogP contribution in [0, 0.1) is 5.92 Å². The predicted octanol–water partition coefficient (Wildman–Crippen LogP) is 10.0. The first-order valence-corrected chi connectivity index (χ1v) is 18.5. The van der Waals surface area contributed by atoms with Gasteiger partial charge in [0, 0.05) is 42.2 Å². The van der Waals surface area contributed by atoms with Gasteiger partial charge >= 0.3 is 0 Å². The molecule has 1 aliphatic heterocycles. The van der Waals surface area contributed by atoms with E-state index in [0.29, 0.717) is 40.8 Å². The van der Waals surface area contributed by atoms with E-state index in [9.17, 15) is 14.4 Å². The number of ether oxygens (including phenoxy) is 1. The Morgan fingerprint density at radius 1 is 0.780 bits per heavy atom. The highest BCUT2D eigenvalue weighted by Crippen LogP contribution is 2.22. The van der Waals surface area contributed by atoms with E-state index in [2.05, 4.69) is 73.0 Å². The van der Waals surface area contributed by atoms with Gasteiger partial charge in [-0.1, -0.05) is 79.3 Å². The molecule has 2 aromatic carbocycles. The molecule has 2 aromatic rings. The second-order valence-electron chi connectivity index (χ2n) is 13.1. The molecule has 0 radical (unpaired) electrons. The van der Waals surface area contributed by atoms with Crippen LogP contribution >= 0.6 is 11.6 Å². The average molecular weight is 699 g/mol. The molecule has 2 amide bonds. The molecule has 1 heterocycles. The highest BCUT2D eigenvalue weighted by atomic mass is 35.5. The number of hydrogen-bond acceptors (Lipinski definition) is 4. The monoisotopic (exact) mass is 698 g/mol. The van der Waals surface area contributed by atoms with Gasteiger partial charge in [0.25, 0.3) is 5.91 Å². The van der Waals surface area contributed by atoms with E-state index in [0.717, 1.165) is 70.9 Å². The van der Waals surface area contributed by atoms with Crippen LogP contribution < -0.4 is 10.1 Å². The highest BCUT2D eigenvalue weighted by molar-refractivity contribution is 6.30. The van der Waals surface area contributed by atoms with Gasteiger partial charge in [-0.25, -0.2) is 0 Å². The molecule has 0 atom stereocenters. The van der Waals surface area contributed by atoms with E-state index in [1.165, 1.54) is 0 Å². The molecule has 3 rings (SSSR count). The van der Waals surface area contributed by atoms with E-state index in [1.54, 1.807) is 62.4 Å². The van der Waals surface area contributed by atoms with E-state index in [-0.39, 0.29) is 17.6 Å². The normalized spacial score (nSPS) is 14.5. The van der Waals surface area contributed by atoms with Crippen LogP contribution in [0.4, 0.5) is 0 Å². The van der Waals surface area contributed by atoms with Crippen molar-refractivity contribution in [1.82, 2.24) is 10.2 Å². The van der Waals surface area contributed by atoms with E-state index >= 15 is 0 Å². The summed E-state index contributed by atoms with van der Waals surface area (Å²) >= 11 is 5.93. The Balaban J connectivity index is 1.25. The van der Waals surface area contributed by atoms with E-state index in [4.69, 9.17) is 16.3 Å². The average Bonchev–Trinajstić information content (AvgIpc) is 3.12. The molecular formula is C43H55ClN2O4. The summed E-state index contributed by atoms with van der Waals surface area (Å²) in [7, 11) is 0. The van der Waals surface area contributed by atoms with Crippen LogP contribution in [0.15, 0.2) is 109 Å². The molecule has 0 unspecified atom stereocenters. The number of benzene rings is 2. The minimum Gasteiger partial charge on any atom is -0.478 e. The number of amides is 2. The van der Waals surface area contributed by atoms with Crippen molar-refractivity contribution in [3.05, 3.63) is 125 Å². The molecular weight excluding hydrogens is 644 g/mol. The Labute approximate surface area is 305 Å². The second kappa shape index (κ2) is 22.5. The van der Waals surface area contributed by atoms with E-state index in [1.807, 2.05) is 4.90 Å². The summed E-state index contributed by atoms with van der Waals surface area (Å²) in [5.74, 6) is 0.728. The van der Waals surface area contributed by atoms with Crippen LogP contribution in [0.3, 0.4) is 0 Å². The topological polar surface area (TPSA) is 75.7 Å². The van der Waals surface area contributed by atoms with Crippen molar-refractivity contribution < 1.29 is 19.1 Å². The quantitative estimate of drug-likeness (QED) is 0.0849. The van der Waals surface area contributed by atoms with Crippen LogP contribution in [0.5, 0.6) is 5.75 Å². The van der Waals surface area contributed by atoms with Crippen molar-refractivity contribution in [2.24, 2.45) is 5.92 Å². The standard InChI is InChI=1S/C43H55ClN2O4/c1-4-5-6-7-8-9-10-11-12-13-14-15-16-17-18-19-20-21-40(47)46-32-30-35(31-33-46)34-45-42(49)43(2,3)50-39-28-24-37(25-29-39)41(48)36-22-26-38(44)27-23-36/h5-6,8-9,11-12,14-15,17-18,22-29,35H,4,7,10,13,16,19-21,30-34H2,1-3H3,(H,45,49)/b6-5-,9-8-,12-11-,15-14-,18-17-. The highest BCUT2D eigenvalue weighted by Gasteiger charge is 2.31. The lowest BCUT2D eigenvalue weighted by Crippen LogP contribution is -2.49. The summed E-state index contributed by atoms with van der Waals surface area (Å²) in [6.07, 6.45) is 30.9. The first kappa shape index (κ1) is 40.3. The number of hydrogen-bond donors (Lipinski definition) is 1. The minimum atomic E-state index is -1.09. The van der Waals surface area contributed by atoms with Crippen molar-refractivity contribution in [3.63, 3.8) is 0 Å². The van der Waals surface area contributed by atoms with Crippen LogP contribution in [0.25, 0.3) is 0 Å². The number of carbonyl (C=O) groups is 3. The molecule has 50 heavy (non-hydrogen) atoms. The molecule has 0 aromatic heterocycles. The summed E-state index contributed by atoms with van der Waals surface area (Å²) in [5, 5.41) is 3.62. The fourth-order valence-electron chi connectivity index (χ4n) is 5.52. The fourth-order valence-corrected chi connectivity index (χ4v) is 5.64. The molecule has 0 aliphatic carbocycles. The number of carbonyl (C=O) groups excluding carboxylic acids is 3. The fraction of sp³-hybridized carbons (Fsp3) is 0.419. The van der Waals surface area contributed by atoms with Gasteiger partial charge in [-0.2, -0.15) is 0 Å². The van der Waals surface area contributed by atoms with Gasteiger partial charge in [-0.05, 0) is 126 Å². The Kier molecular flexibility index (Phi) is 18.2.